The zero-order chi connectivity index (χ0) is 36.0. The van der Waals surface area contributed by atoms with Gasteiger partial charge in [-0.2, -0.15) is 0 Å². The lowest BCUT2D eigenvalue weighted by atomic mass is 9.88. The number of carbonyl (C=O) groups excluding carboxylic acids is 3. The standard InChI is InChI=1S/C34H42FN5O9S/c1-18-6-4-5-7-20-15-34(20,32(43)39-50(46,47)23-9-10-23)38-29(41)26-14-22(17-40(26)31(42)28(19(2)12-18)37-33(44)45)49-30-25-13-21(35)8-11-24(25)27(48-3)16-36-30/h5,7-8,11,13,16,18-20,22-23,26,28,37H,4,6,9-10,12,14-15,17H2,1-3H3,(H,38,41)(H,39,43)(H,44,45)/b7-5-/t18-,19-,20-,22-,26+,28+,34-/m1/s1. The molecule has 4 N–H and O–H groups in total. The average molecular weight is 716 g/mol. The Kier molecular flexibility index (Phi) is 9.68. The van der Waals surface area contributed by atoms with E-state index in [0.717, 1.165) is 6.42 Å². The van der Waals surface area contributed by atoms with Crippen LogP contribution in [-0.2, 0) is 24.4 Å². The Morgan fingerprint density at radius 3 is 2.60 bits per heavy atom. The number of fused-ring (bicyclic) bond motifs is 3. The highest BCUT2D eigenvalue weighted by molar-refractivity contribution is 7.91. The molecule has 2 aliphatic heterocycles. The summed E-state index contributed by atoms with van der Waals surface area (Å²) >= 11 is 0. The Morgan fingerprint density at radius 1 is 1.14 bits per heavy atom. The molecule has 14 nitrogen and oxygen atoms in total. The molecule has 270 valence electrons. The minimum absolute atomic E-state index is 0.0387. The Balaban J connectivity index is 1.35. The van der Waals surface area contributed by atoms with E-state index in [1.807, 2.05) is 19.1 Å². The summed E-state index contributed by atoms with van der Waals surface area (Å²) in [7, 11) is -2.48. The number of methoxy groups -OCH3 is 1. The maximum atomic E-state index is 14.4. The van der Waals surface area contributed by atoms with Gasteiger partial charge in [-0.05, 0) is 68.6 Å². The van der Waals surface area contributed by atoms with Gasteiger partial charge in [-0.15, -0.1) is 0 Å². The van der Waals surface area contributed by atoms with E-state index in [4.69, 9.17) is 9.47 Å². The highest BCUT2D eigenvalue weighted by atomic mass is 32.2. The summed E-state index contributed by atoms with van der Waals surface area (Å²) in [6, 6.07) is 1.60. The second-order valence-electron chi connectivity index (χ2n) is 14.0. The van der Waals surface area contributed by atoms with Gasteiger partial charge in [0.25, 0.3) is 5.91 Å². The van der Waals surface area contributed by atoms with Crippen LogP contribution in [0.3, 0.4) is 0 Å². The van der Waals surface area contributed by atoms with Crippen molar-refractivity contribution in [3.8, 4) is 11.6 Å². The number of carboxylic acid groups (broad SMARTS) is 1. The molecule has 6 rings (SSSR count). The summed E-state index contributed by atoms with van der Waals surface area (Å²) in [5.41, 5.74) is -1.56. The number of nitrogens with zero attached hydrogens (tertiary/aromatic N) is 2. The number of nitrogens with one attached hydrogen (secondary N) is 3. The summed E-state index contributed by atoms with van der Waals surface area (Å²) in [5, 5.41) is 15.0. The van der Waals surface area contributed by atoms with Gasteiger partial charge in [-0.3, -0.25) is 19.1 Å². The van der Waals surface area contributed by atoms with Crippen LogP contribution in [0.15, 0.2) is 36.5 Å². The lowest BCUT2D eigenvalue weighted by Gasteiger charge is -2.32. The van der Waals surface area contributed by atoms with Crippen molar-refractivity contribution in [1.29, 1.82) is 0 Å². The molecule has 7 atom stereocenters. The molecule has 3 heterocycles. The molecule has 4 amide bonds. The number of aromatic nitrogens is 1. The molecule has 2 aromatic rings. The van der Waals surface area contributed by atoms with Crippen LogP contribution < -0.4 is 24.8 Å². The maximum Gasteiger partial charge on any atom is 0.405 e. The number of halogens is 1. The Bertz CT molecular complexity index is 1840. The van der Waals surface area contributed by atoms with Crippen LogP contribution in [0, 0.1) is 23.6 Å². The number of benzene rings is 1. The number of hydrogen-bond acceptors (Lipinski definition) is 9. The minimum atomic E-state index is -3.92. The first-order valence-corrected chi connectivity index (χ1v) is 18.4. The monoisotopic (exact) mass is 715 g/mol. The van der Waals surface area contributed by atoms with E-state index in [9.17, 15) is 37.1 Å². The van der Waals surface area contributed by atoms with Crippen molar-refractivity contribution in [2.75, 3.05) is 13.7 Å². The highest BCUT2D eigenvalue weighted by Gasteiger charge is 2.62. The number of pyridine rings is 1. The van der Waals surface area contributed by atoms with E-state index < -0.39 is 80.5 Å². The van der Waals surface area contributed by atoms with Crippen LogP contribution in [0.25, 0.3) is 10.8 Å². The van der Waals surface area contributed by atoms with Crippen LogP contribution in [-0.4, -0.2) is 89.9 Å². The fourth-order valence-electron chi connectivity index (χ4n) is 7.21. The minimum Gasteiger partial charge on any atom is -0.494 e. The first-order chi connectivity index (χ1) is 23.7. The summed E-state index contributed by atoms with van der Waals surface area (Å²) in [6.07, 6.45) is 5.71. The van der Waals surface area contributed by atoms with E-state index >= 15 is 0 Å². The maximum absolute atomic E-state index is 14.4. The summed E-state index contributed by atoms with van der Waals surface area (Å²) < 4.78 is 53.7. The normalized spacial score (nSPS) is 30.9. The molecule has 1 aromatic heterocycles. The van der Waals surface area contributed by atoms with Crippen LogP contribution in [0.1, 0.15) is 58.8 Å². The van der Waals surface area contributed by atoms with Gasteiger partial charge in [0, 0.05) is 17.7 Å². The van der Waals surface area contributed by atoms with E-state index in [1.54, 1.807) is 6.92 Å². The fraction of sp³-hybridized carbons (Fsp3) is 0.559. The second-order valence-corrected chi connectivity index (χ2v) is 16.0. The second kappa shape index (κ2) is 13.7. The molecule has 1 aromatic carbocycles. The molecule has 3 fully saturated rings. The number of rotatable bonds is 7. The van der Waals surface area contributed by atoms with Gasteiger partial charge in [0.1, 0.15) is 35.3 Å². The molecular formula is C34H42FN5O9S. The number of allylic oxidation sites excluding steroid dienone is 1. The number of ether oxygens (including phenoxy) is 2. The summed E-state index contributed by atoms with van der Waals surface area (Å²) in [4.78, 5) is 59.6. The number of amides is 4. The average Bonchev–Trinajstić information content (AvgIpc) is 3.98. The summed E-state index contributed by atoms with van der Waals surface area (Å²) in [6.45, 7) is 3.63. The number of carbonyl (C=O) groups is 4. The van der Waals surface area contributed by atoms with E-state index in [2.05, 4.69) is 20.3 Å². The molecule has 2 saturated carbocycles. The van der Waals surface area contributed by atoms with Crippen LogP contribution in [0.4, 0.5) is 9.18 Å². The Labute approximate surface area is 289 Å². The SMILES string of the molecule is COc1cnc(O[C@@H]2C[C@H]3C(=O)N[C@]4(C(=O)NS(=O)(=O)C5CC5)C[C@H]4/C=C\CC[C@@H](C)C[C@@H](C)[C@H](NC(=O)O)C(=O)N3C2)c2cc(F)ccc12. The largest absolute Gasteiger partial charge is 0.494 e. The van der Waals surface area contributed by atoms with Crippen LogP contribution >= 0.6 is 0 Å². The molecule has 1 saturated heterocycles. The highest BCUT2D eigenvalue weighted by Crippen LogP contribution is 2.46. The number of sulfonamides is 1. The third kappa shape index (κ3) is 7.21. The fourth-order valence-corrected chi connectivity index (χ4v) is 8.57. The van der Waals surface area contributed by atoms with E-state index in [1.165, 1.54) is 36.4 Å². The lowest BCUT2D eigenvalue weighted by Crippen LogP contribution is -2.59. The van der Waals surface area contributed by atoms with Gasteiger partial charge in [0.2, 0.25) is 27.7 Å². The smallest absolute Gasteiger partial charge is 0.405 e. The molecule has 0 spiro atoms. The van der Waals surface area contributed by atoms with Gasteiger partial charge >= 0.3 is 6.09 Å². The third-order valence-corrected chi connectivity index (χ3v) is 12.0. The molecule has 0 bridgehead atoms. The molecule has 50 heavy (non-hydrogen) atoms. The van der Waals surface area contributed by atoms with E-state index in [-0.39, 0.29) is 31.2 Å². The summed E-state index contributed by atoms with van der Waals surface area (Å²) in [5.74, 6) is -3.16. The molecule has 0 unspecified atom stereocenters. The van der Waals surface area contributed by atoms with Gasteiger partial charge in [-0.25, -0.2) is 22.6 Å². The van der Waals surface area contributed by atoms with Crippen molar-refractivity contribution in [1.82, 2.24) is 25.2 Å². The van der Waals surface area contributed by atoms with Crippen molar-refractivity contribution >= 4 is 44.6 Å². The molecule has 2 aliphatic carbocycles. The molecule has 16 heteroatoms. The Hall–Kier alpha value is -4.47. The van der Waals surface area contributed by atoms with Gasteiger partial charge in [0.15, 0.2) is 0 Å². The zero-order valence-electron chi connectivity index (χ0n) is 28.1. The predicted octanol–water partition coefficient (Wildman–Crippen LogP) is 2.86. The van der Waals surface area contributed by atoms with Crippen molar-refractivity contribution < 1.29 is 46.6 Å². The third-order valence-electron chi connectivity index (χ3n) is 10.2. The van der Waals surface area contributed by atoms with Gasteiger partial charge < -0.3 is 30.1 Å². The van der Waals surface area contributed by atoms with Crippen molar-refractivity contribution in [2.45, 2.75) is 87.8 Å². The van der Waals surface area contributed by atoms with Crippen LogP contribution in [0.2, 0.25) is 0 Å². The first kappa shape index (κ1) is 35.4. The van der Waals surface area contributed by atoms with E-state index in [0.29, 0.717) is 42.2 Å². The first-order valence-electron chi connectivity index (χ1n) is 16.9. The Morgan fingerprint density at radius 2 is 1.90 bits per heavy atom. The zero-order valence-corrected chi connectivity index (χ0v) is 28.9. The topological polar surface area (TPSA) is 193 Å². The van der Waals surface area contributed by atoms with Gasteiger partial charge in [0.05, 0.1) is 30.5 Å². The molecule has 4 aliphatic rings. The van der Waals surface area contributed by atoms with Crippen molar-refractivity contribution in [3.05, 3.63) is 42.4 Å². The molecule has 0 radical (unpaired) electrons. The van der Waals surface area contributed by atoms with Crippen molar-refractivity contribution in [3.63, 3.8) is 0 Å². The quantitative estimate of drug-likeness (QED) is 0.310. The lowest BCUT2D eigenvalue weighted by molar-refractivity contribution is -0.142. The number of hydrogen-bond donors (Lipinski definition) is 4. The predicted molar refractivity (Wildman–Crippen MR) is 178 cm³/mol. The van der Waals surface area contributed by atoms with Crippen LogP contribution in [0.5, 0.6) is 11.6 Å². The van der Waals surface area contributed by atoms with Gasteiger partial charge in [-0.1, -0.05) is 26.0 Å². The molecular weight excluding hydrogens is 673 g/mol. The van der Waals surface area contributed by atoms with Crippen molar-refractivity contribution in [2.24, 2.45) is 17.8 Å².